The van der Waals surface area contributed by atoms with Gasteiger partial charge in [0.25, 0.3) is 0 Å². The molecule has 0 unspecified atom stereocenters. The van der Waals surface area contributed by atoms with Crippen molar-refractivity contribution in [2.75, 3.05) is 25.1 Å². The molecule has 0 aliphatic carbocycles. The van der Waals surface area contributed by atoms with Crippen molar-refractivity contribution in [3.63, 3.8) is 0 Å². The topological polar surface area (TPSA) is 73.3 Å². The lowest BCUT2D eigenvalue weighted by Crippen LogP contribution is -2.09. The first-order chi connectivity index (χ1) is 9.26. The van der Waals surface area contributed by atoms with Crippen molar-refractivity contribution in [3.8, 4) is 5.88 Å². The molecule has 0 saturated heterocycles. The molecule has 0 bridgehead atoms. The Morgan fingerprint density at radius 3 is 2.95 bits per heavy atom. The summed E-state index contributed by atoms with van der Waals surface area (Å²) in [6.45, 7) is 5.56. The molecule has 0 saturated carbocycles. The monoisotopic (exact) mass is 267 g/mol. The van der Waals surface area contributed by atoms with Gasteiger partial charge in [-0.15, -0.1) is 0 Å². The van der Waals surface area contributed by atoms with Crippen molar-refractivity contribution in [2.24, 2.45) is 0 Å². The molecule has 0 aromatic carbocycles. The lowest BCUT2D eigenvalue weighted by atomic mass is 10.3. The summed E-state index contributed by atoms with van der Waals surface area (Å²) in [6, 6.07) is 1.75. The summed E-state index contributed by atoms with van der Waals surface area (Å²) < 4.78 is 10.3. The molecule has 0 aliphatic rings. The van der Waals surface area contributed by atoms with Crippen LogP contribution in [-0.4, -0.2) is 35.7 Å². The molecule has 0 atom stereocenters. The summed E-state index contributed by atoms with van der Waals surface area (Å²) in [5.41, 5.74) is 0. The second-order valence-electron chi connectivity index (χ2n) is 3.93. The van der Waals surface area contributed by atoms with E-state index in [1.807, 2.05) is 6.92 Å². The Morgan fingerprint density at radius 2 is 2.21 bits per heavy atom. The number of anilines is 1. The first-order valence-electron chi connectivity index (χ1n) is 6.60. The average Bonchev–Trinajstić information content (AvgIpc) is 2.42. The zero-order valence-corrected chi connectivity index (χ0v) is 11.5. The largest absolute Gasteiger partial charge is 0.478 e. The van der Waals surface area contributed by atoms with Gasteiger partial charge < -0.3 is 14.8 Å². The molecule has 0 spiro atoms. The number of hydrogen-bond acceptors (Lipinski definition) is 6. The molecule has 1 heterocycles. The van der Waals surface area contributed by atoms with Crippen LogP contribution in [0.3, 0.4) is 0 Å². The van der Waals surface area contributed by atoms with Crippen LogP contribution in [-0.2, 0) is 9.53 Å². The Hall–Kier alpha value is -1.85. The zero-order chi connectivity index (χ0) is 13.9. The van der Waals surface area contributed by atoms with Gasteiger partial charge in [-0.05, 0) is 19.8 Å². The average molecular weight is 267 g/mol. The Labute approximate surface area is 113 Å². The normalized spacial score (nSPS) is 10.0. The zero-order valence-electron chi connectivity index (χ0n) is 11.5. The third-order valence-electron chi connectivity index (χ3n) is 2.27. The molecule has 1 aromatic rings. The molecule has 0 fully saturated rings. The van der Waals surface area contributed by atoms with Gasteiger partial charge in [-0.2, -0.15) is 0 Å². The van der Waals surface area contributed by atoms with Crippen LogP contribution in [0.2, 0.25) is 0 Å². The van der Waals surface area contributed by atoms with E-state index in [-0.39, 0.29) is 5.97 Å². The number of nitrogens with zero attached hydrogens (tertiary/aromatic N) is 2. The van der Waals surface area contributed by atoms with Gasteiger partial charge in [-0.1, -0.05) is 6.92 Å². The molecule has 1 N–H and O–H groups in total. The Balaban J connectivity index is 2.27. The minimum Gasteiger partial charge on any atom is -0.478 e. The van der Waals surface area contributed by atoms with Crippen LogP contribution in [0.15, 0.2) is 12.4 Å². The number of esters is 1. The van der Waals surface area contributed by atoms with Crippen molar-refractivity contribution in [3.05, 3.63) is 12.4 Å². The van der Waals surface area contributed by atoms with Crippen molar-refractivity contribution in [1.82, 2.24) is 9.97 Å². The van der Waals surface area contributed by atoms with E-state index in [4.69, 9.17) is 9.47 Å². The molecule has 0 radical (unpaired) electrons. The molecule has 19 heavy (non-hydrogen) atoms. The van der Waals surface area contributed by atoms with Crippen LogP contribution in [0.5, 0.6) is 5.88 Å². The summed E-state index contributed by atoms with van der Waals surface area (Å²) in [5.74, 6) is 1.09. The van der Waals surface area contributed by atoms with Crippen LogP contribution in [0.1, 0.15) is 33.1 Å². The molecular formula is C13H21N3O3. The van der Waals surface area contributed by atoms with Gasteiger partial charge >= 0.3 is 5.97 Å². The number of aromatic nitrogens is 2. The first-order valence-corrected chi connectivity index (χ1v) is 6.60. The highest BCUT2D eigenvalue weighted by molar-refractivity contribution is 5.69. The second-order valence-corrected chi connectivity index (χ2v) is 3.93. The summed E-state index contributed by atoms with van der Waals surface area (Å²) in [4.78, 5) is 19.2. The van der Waals surface area contributed by atoms with E-state index in [1.165, 1.54) is 6.33 Å². The van der Waals surface area contributed by atoms with Gasteiger partial charge in [0.2, 0.25) is 5.88 Å². The SMILES string of the molecule is CCCOc1cc(NCCCC(=O)OCC)ncn1. The number of ether oxygens (including phenoxy) is 2. The van der Waals surface area contributed by atoms with E-state index >= 15 is 0 Å². The fourth-order valence-corrected chi connectivity index (χ4v) is 1.40. The fourth-order valence-electron chi connectivity index (χ4n) is 1.40. The van der Waals surface area contributed by atoms with E-state index in [1.54, 1.807) is 13.0 Å². The second kappa shape index (κ2) is 9.13. The van der Waals surface area contributed by atoms with Gasteiger partial charge in [-0.25, -0.2) is 9.97 Å². The van der Waals surface area contributed by atoms with E-state index in [0.29, 0.717) is 44.3 Å². The van der Waals surface area contributed by atoms with Gasteiger partial charge in [0.05, 0.1) is 13.2 Å². The van der Waals surface area contributed by atoms with Crippen molar-refractivity contribution < 1.29 is 14.3 Å². The summed E-state index contributed by atoms with van der Waals surface area (Å²) in [6.07, 6.45) is 3.50. The summed E-state index contributed by atoms with van der Waals surface area (Å²) >= 11 is 0. The smallest absolute Gasteiger partial charge is 0.305 e. The molecule has 1 rings (SSSR count). The minimum atomic E-state index is -0.168. The molecule has 1 aromatic heterocycles. The van der Waals surface area contributed by atoms with Crippen LogP contribution in [0.4, 0.5) is 5.82 Å². The highest BCUT2D eigenvalue weighted by Crippen LogP contribution is 2.11. The Kier molecular flexibility index (Phi) is 7.31. The first kappa shape index (κ1) is 15.2. The van der Waals surface area contributed by atoms with Gasteiger partial charge in [0, 0.05) is 19.0 Å². The highest BCUT2D eigenvalue weighted by Gasteiger charge is 2.02. The predicted octanol–water partition coefficient (Wildman–Crippen LogP) is 2.02. The van der Waals surface area contributed by atoms with Gasteiger partial charge in [0.15, 0.2) is 0 Å². The quantitative estimate of drug-likeness (QED) is 0.545. The van der Waals surface area contributed by atoms with Gasteiger partial charge in [0.1, 0.15) is 12.1 Å². The number of nitrogens with one attached hydrogen (secondary N) is 1. The lowest BCUT2D eigenvalue weighted by molar-refractivity contribution is -0.143. The molecule has 6 heteroatoms. The third kappa shape index (κ3) is 6.59. The van der Waals surface area contributed by atoms with E-state index in [9.17, 15) is 4.79 Å². The number of carbonyl (C=O) groups excluding carboxylic acids is 1. The van der Waals surface area contributed by atoms with Crippen molar-refractivity contribution in [1.29, 1.82) is 0 Å². The fraction of sp³-hybridized carbons (Fsp3) is 0.615. The summed E-state index contributed by atoms with van der Waals surface area (Å²) in [5, 5.41) is 3.12. The van der Waals surface area contributed by atoms with E-state index < -0.39 is 0 Å². The third-order valence-corrected chi connectivity index (χ3v) is 2.27. The molecule has 0 amide bonds. The van der Waals surface area contributed by atoms with E-state index in [0.717, 1.165) is 6.42 Å². The number of rotatable bonds is 9. The van der Waals surface area contributed by atoms with Crippen LogP contribution in [0.25, 0.3) is 0 Å². The maximum Gasteiger partial charge on any atom is 0.305 e. The lowest BCUT2D eigenvalue weighted by Gasteiger charge is -2.07. The standard InChI is InChI=1S/C13H21N3O3/c1-3-8-19-12-9-11(15-10-16-12)14-7-5-6-13(17)18-4-2/h9-10H,3-8H2,1-2H3,(H,14,15,16). The van der Waals surface area contributed by atoms with Crippen LogP contribution < -0.4 is 10.1 Å². The number of hydrogen-bond donors (Lipinski definition) is 1. The molecular weight excluding hydrogens is 246 g/mol. The molecule has 106 valence electrons. The molecule has 6 nitrogen and oxygen atoms in total. The minimum absolute atomic E-state index is 0.168. The van der Waals surface area contributed by atoms with Crippen molar-refractivity contribution in [2.45, 2.75) is 33.1 Å². The maximum absolute atomic E-state index is 11.1. The predicted molar refractivity (Wildman–Crippen MR) is 72.2 cm³/mol. The maximum atomic E-state index is 11.1. The van der Waals surface area contributed by atoms with E-state index in [2.05, 4.69) is 15.3 Å². The van der Waals surface area contributed by atoms with Crippen molar-refractivity contribution >= 4 is 11.8 Å². The highest BCUT2D eigenvalue weighted by atomic mass is 16.5. The Morgan fingerprint density at radius 1 is 1.37 bits per heavy atom. The number of carbonyl (C=O) groups is 1. The molecule has 0 aliphatic heterocycles. The van der Waals surface area contributed by atoms with Gasteiger partial charge in [-0.3, -0.25) is 4.79 Å². The Bertz CT molecular complexity index is 385. The van der Waals surface area contributed by atoms with Crippen LogP contribution >= 0.6 is 0 Å². The summed E-state index contributed by atoms with van der Waals surface area (Å²) in [7, 11) is 0. The van der Waals surface area contributed by atoms with Crippen LogP contribution in [0, 0.1) is 0 Å².